The smallest absolute Gasteiger partial charge is 0.275 e. The van der Waals surface area contributed by atoms with E-state index in [2.05, 4.69) is 33.6 Å². The molecule has 3 aromatic rings. The van der Waals surface area contributed by atoms with Gasteiger partial charge in [0.05, 0.1) is 23.4 Å². The highest BCUT2D eigenvalue weighted by Gasteiger charge is 2.13. The number of aliphatic hydroxyl groups excluding tert-OH is 2. The lowest BCUT2D eigenvalue weighted by Gasteiger charge is -2.08. The third kappa shape index (κ3) is 4.32. The van der Waals surface area contributed by atoms with Crippen LogP contribution in [0.5, 0.6) is 0 Å². The summed E-state index contributed by atoms with van der Waals surface area (Å²) in [5.41, 5.74) is 4.50. The zero-order chi connectivity index (χ0) is 19.9. The highest BCUT2D eigenvalue weighted by atomic mass is 16.5. The van der Waals surface area contributed by atoms with Crippen LogP contribution in [0, 0.1) is 23.7 Å². The summed E-state index contributed by atoms with van der Waals surface area (Å²) in [5.74, 6) is 9.64. The van der Waals surface area contributed by atoms with E-state index >= 15 is 0 Å². The number of hydroxylamine groups is 1. The number of aliphatic hydroxyl groups is 2. The lowest BCUT2D eigenvalue weighted by molar-refractivity contribution is 0.0708. The summed E-state index contributed by atoms with van der Waals surface area (Å²) in [6.45, 7) is -0.436. The number of amides is 1. The fourth-order valence-corrected chi connectivity index (χ4v) is 2.46. The van der Waals surface area contributed by atoms with Crippen molar-refractivity contribution in [2.45, 2.75) is 6.10 Å². The maximum atomic E-state index is 12.0. The van der Waals surface area contributed by atoms with Gasteiger partial charge in [-0.3, -0.25) is 15.0 Å². The lowest BCUT2D eigenvalue weighted by Crippen LogP contribution is -2.19. The van der Waals surface area contributed by atoms with Gasteiger partial charge in [-0.15, -0.1) is 0 Å². The first-order valence-corrected chi connectivity index (χ1v) is 8.22. The van der Waals surface area contributed by atoms with Crippen LogP contribution < -0.4 is 5.48 Å². The van der Waals surface area contributed by atoms with E-state index in [1.165, 1.54) is 6.20 Å². The van der Waals surface area contributed by atoms with Crippen LogP contribution in [0.2, 0.25) is 0 Å². The molecule has 0 saturated heterocycles. The zero-order valence-corrected chi connectivity index (χ0v) is 14.5. The molecule has 7 nitrogen and oxygen atoms in total. The molecule has 0 saturated carbocycles. The van der Waals surface area contributed by atoms with Crippen LogP contribution in [0.3, 0.4) is 0 Å². The van der Waals surface area contributed by atoms with Crippen LogP contribution in [-0.2, 0) is 0 Å². The van der Waals surface area contributed by atoms with Crippen molar-refractivity contribution in [3.8, 4) is 34.9 Å². The molecule has 0 radical (unpaired) electrons. The molecule has 0 spiro atoms. The summed E-state index contributed by atoms with van der Waals surface area (Å²) < 4.78 is 0. The van der Waals surface area contributed by atoms with Gasteiger partial charge < -0.3 is 10.2 Å². The molecular formula is C21H15N3O4. The van der Waals surface area contributed by atoms with Crippen LogP contribution in [0.1, 0.15) is 15.9 Å². The third-order valence-corrected chi connectivity index (χ3v) is 3.82. The molecule has 2 aromatic heterocycles. The van der Waals surface area contributed by atoms with E-state index in [1.807, 2.05) is 0 Å². The van der Waals surface area contributed by atoms with Crippen molar-refractivity contribution in [2.24, 2.45) is 0 Å². The number of fused-ring (bicyclic) bond motifs is 1. The van der Waals surface area contributed by atoms with Crippen molar-refractivity contribution in [3.05, 3.63) is 59.9 Å². The molecule has 7 heteroatoms. The fourth-order valence-electron chi connectivity index (χ4n) is 2.46. The average Bonchev–Trinajstić information content (AvgIpc) is 2.75. The molecular weight excluding hydrogens is 358 g/mol. The summed E-state index contributed by atoms with van der Waals surface area (Å²) in [4.78, 5) is 20.5. The van der Waals surface area contributed by atoms with Gasteiger partial charge in [-0.05, 0) is 36.1 Å². The number of pyridine rings is 2. The van der Waals surface area contributed by atoms with Crippen molar-refractivity contribution >= 4 is 16.8 Å². The second-order valence-electron chi connectivity index (χ2n) is 5.68. The number of hydrogen-bond donors (Lipinski definition) is 4. The molecule has 1 aromatic carbocycles. The van der Waals surface area contributed by atoms with Crippen molar-refractivity contribution in [3.63, 3.8) is 0 Å². The van der Waals surface area contributed by atoms with E-state index in [0.29, 0.717) is 22.2 Å². The third-order valence-electron chi connectivity index (χ3n) is 3.82. The number of hydrogen-bond acceptors (Lipinski definition) is 6. The molecule has 0 aliphatic heterocycles. The largest absolute Gasteiger partial charge is 0.393 e. The first-order chi connectivity index (χ1) is 13.6. The highest BCUT2D eigenvalue weighted by molar-refractivity contribution is 6.06. The van der Waals surface area contributed by atoms with E-state index in [9.17, 15) is 4.79 Å². The van der Waals surface area contributed by atoms with Crippen molar-refractivity contribution in [1.82, 2.24) is 15.4 Å². The van der Waals surface area contributed by atoms with Gasteiger partial charge in [0.25, 0.3) is 5.91 Å². The quantitative estimate of drug-likeness (QED) is 0.311. The molecule has 4 N–H and O–H groups in total. The number of nitrogens with one attached hydrogen (secondary N) is 1. The van der Waals surface area contributed by atoms with E-state index < -0.39 is 18.6 Å². The van der Waals surface area contributed by atoms with Gasteiger partial charge in [0, 0.05) is 28.9 Å². The summed E-state index contributed by atoms with van der Waals surface area (Å²) in [5, 5.41) is 27.3. The van der Waals surface area contributed by atoms with Gasteiger partial charge in [-0.25, -0.2) is 10.5 Å². The maximum Gasteiger partial charge on any atom is 0.275 e. The Labute approximate surface area is 160 Å². The zero-order valence-electron chi connectivity index (χ0n) is 14.5. The van der Waals surface area contributed by atoms with Gasteiger partial charge in [0.2, 0.25) is 0 Å². The number of nitrogens with zero attached hydrogens (tertiary/aromatic N) is 2. The Hall–Kier alpha value is -3.75. The molecule has 1 unspecified atom stereocenters. The van der Waals surface area contributed by atoms with Gasteiger partial charge in [-0.1, -0.05) is 24.0 Å². The topological polar surface area (TPSA) is 116 Å². The number of carbonyl (C=O) groups excluding carboxylic acids is 1. The van der Waals surface area contributed by atoms with Crippen molar-refractivity contribution in [2.75, 3.05) is 6.61 Å². The number of carbonyl (C=O) groups is 1. The van der Waals surface area contributed by atoms with Crippen LogP contribution in [0.15, 0.2) is 48.8 Å². The number of aromatic nitrogens is 2. The standard InChI is InChI=1S/C21H15N3O4/c25-13-16(26)4-2-1-3-14-5-7-15(8-6-14)20-11-17(21(27)24-28)18-12-22-10-9-19(18)23-20/h5-12,16,25-26,28H,13H2,(H,24,27). The Morgan fingerprint density at radius 2 is 1.96 bits per heavy atom. The molecule has 0 aliphatic rings. The van der Waals surface area contributed by atoms with Crippen LogP contribution in [0.4, 0.5) is 0 Å². The molecule has 0 aliphatic carbocycles. The Kier molecular flexibility index (Phi) is 5.95. The minimum absolute atomic E-state index is 0.261. The highest BCUT2D eigenvalue weighted by Crippen LogP contribution is 2.24. The van der Waals surface area contributed by atoms with E-state index in [0.717, 1.165) is 5.56 Å². The predicted molar refractivity (Wildman–Crippen MR) is 102 cm³/mol. The Bertz CT molecular complexity index is 1140. The van der Waals surface area contributed by atoms with Crippen LogP contribution in [-0.4, -0.2) is 44.0 Å². The first-order valence-electron chi connectivity index (χ1n) is 8.22. The Balaban J connectivity index is 1.94. The van der Waals surface area contributed by atoms with E-state index in [4.69, 9.17) is 15.4 Å². The van der Waals surface area contributed by atoms with E-state index in [1.54, 1.807) is 48.1 Å². The second-order valence-corrected chi connectivity index (χ2v) is 5.68. The number of benzene rings is 1. The maximum absolute atomic E-state index is 12.0. The van der Waals surface area contributed by atoms with Crippen molar-refractivity contribution in [1.29, 1.82) is 0 Å². The predicted octanol–water partition coefficient (Wildman–Crippen LogP) is 1.12. The van der Waals surface area contributed by atoms with Crippen LogP contribution >= 0.6 is 0 Å². The minimum Gasteiger partial charge on any atom is -0.393 e. The van der Waals surface area contributed by atoms with Crippen molar-refractivity contribution < 1.29 is 20.2 Å². The summed E-state index contributed by atoms with van der Waals surface area (Å²) in [6.07, 6.45) is 1.99. The normalized spacial score (nSPS) is 11.0. The van der Waals surface area contributed by atoms with Gasteiger partial charge >= 0.3 is 0 Å². The van der Waals surface area contributed by atoms with Crippen LogP contribution in [0.25, 0.3) is 22.2 Å². The molecule has 1 amide bonds. The molecule has 138 valence electrons. The Morgan fingerprint density at radius 1 is 1.18 bits per heavy atom. The lowest BCUT2D eigenvalue weighted by atomic mass is 10.0. The summed E-state index contributed by atoms with van der Waals surface area (Å²) >= 11 is 0. The van der Waals surface area contributed by atoms with Gasteiger partial charge in [0.1, 0.15) is 6.10 Å². The number of rotatable bonds is 3. The summed E-state index contributed by atoms with van der Waals surface area (Å²) in [6, 6.07) is 10.4. The second kappa shape index (κ2) is 8.76. The first kappa shape index (κ1) is 19.0. The molecule has 2 heterocycles. The van der Waals surface area contributed by atoms with Gasteiger partial charge in [0.15, 0.2) is 0 Å². The Morgan fingerprint density at radius 3 is 2.68 bits per heavy atom. The summed E-state index contributed by atoms with van der Waals surface area (Å²) in [7, 11) is 0. The molecule has 1 atom stereocenters. The average molecular weight is 373 g/mol. The molecule has 3 rings (SSSR count). The SMILES string of the molecule is O=C(NO)c1cc(-c2ccc(C#CC#CC(O)CO)cc2)nc2ccncc12. The monoisotopic (exact) mass is 373 g/mol. The van der Waals surface area contributed by atoms with E-state index in [-0.39, 0.29) is 5.56 Å². The molecule has 0 fully saturated rings. The molecule has 28 heavy (non-hydrogen) atoms. The molecule has 0 bridgehead atoms. The fraction of sp³-hybridized carbons (Fsp3) is 0.0952. The van der Waals surface area contributed by atoms with Gasteiger partial charge in [-0.2, -0.15) is 0 Å². The minimum atomic E-state index is -1.10.